The molecule has 19 heavy (non-hydrogen) atoms. The molecule has 1 aliphatic rings. The molecule has 1 N–H and O–H groups in total. The predicted molar refractivity (Wildman–Crippen MR) is 78.9 cm³/mol. The summed E-state index contributed by atoms with van der Waals surface area (Å²) >= 11 is 1.78. The summed E-state index contributed by atoms with van der Waals surface area (Å²) in [5, 5.41) is 6.83. The summed E-state index contributed by atoms with van der Waals surface area (Å²) in [5.74, 6) is 1.51. The molecule has 1 aromatic carbocycles. The molecule has 0 amide bonds. The smallest absolute Gasteiger partial charge is 0.119 e. The molecule has 1 aliphatic heterocycles. The minimum absolute atomic E-state index is 0.630. The van der Waals surface area contributed by atoms with Crippen molar-refractivity contribution in [1.29, 1.82) is 0 Å². The highest BCUT2D eigenvalue weighted by atomic mass is 32.1. The van der Waals surface area contributed by atoms with Crippen molar-refractivity contribution >= 4 is 11.3 Å². The second-order valence-electron chi connectivity index (χ2n) is 4.83. The standard InChI is InChI=1S/C15H18N2OS/c1-18-13-4-2-3-12(9-13)14-10-19-15(17-14)11-5-7-16-8-6-11/h2-4,9-11,16H,5-8H2,1H3. The highest BCUT2D eigenvalue weighted by Crippen LogP contribution is 2.32. The number of nitrogens with zero attached hydrogens (tertiary/aromatic N) is 1. The molecule has 0 saturated carbocycles. The Bertz CT molecular complexity index is 547. The normalized spacial score (nSPS) is 16.5. The van der Waals surface area contributed by atoms with E-state index in [1.165, 1.54) is 17.8 Å². The van der Waals surface area contributed by atoms with Gasteiger partial charge in [-0.05, 0) is 38.1 Å². The molecule has 0 unspecified atom stereocenters. The average Bonchev–Trinajstić information content (AvgIpc) is 2.98. The van der Waals surface area contributed by atoms with E-state index in [-0.39, 0.29) is 0 Å². The van der Waals surface area contributed by atoms with Crippen LogP contribution in [0.3, 0.4) is 0 Å². The van der Waals surface area contributed by atoms with Gasteiger partial charge in [0.05, 0.1) is 17.8 Å². The van der Waals surface area contributed by atoms with Crippen molar-refractivity contribution < 1.29 is 4.74 Å². The second kappa shape index (κ2) is 5.72. The third-order valence-corrected chi connectivity index (χ3v) is 4.58. The summed E-state index contributed by atoms with van der Waals surface area (Å²) in [6.45, 7) is 2.22. The van der Waals surface area contributed by atoms with Gasteiger partial charge < -0.3 is 10.1 Å². The lowest BCUT2D eigenvalue weighted by atomic mass is 9.99. The molecule has 3 nitrogen and oxygen atoms in total. The number of aromatic nitrogens is 1. The Kier molecular flexibility index (Phi) is 3.80. The van der Waals surface area contributed by atoms with Crippen LogP contribution in [0.25, 0.3) is 11.3 Å². The van der Waals surface area contributed by atoms with Crippen molar-refractivity contribution in [1.82, 2.24) is 10.3 Å². The predicted octanol–water partition coefficient (Wildman–Crippen LogP) is 3.29. The van der Waals surface area contributed by atoms with Crippen molar-refractivity contribution in [3.8, 4) is 17.0 Å². The molecule has 0 atom stereocenters. The molecule has 2 aromatic rings. The Balaban J connectivity index is 1.83. The SMILES string of the molecule is COc1cccc(-c2csc(C3CCNCC3)n2)c1. The lowest BCUT2D eigenvalue weighted by molar-refractivity contribution is 0.415. The molecule has 0 radical (unpaired) electrons. The van der Waals surface area contributed by atoms with Crippen molar-refractivity contribution in [2.75, 3.05) is 20.2 Å². The number of hydrogen-bond acceptors (Lipinski definition) is 4. The lowest BCUT2D eigenvalue weighted by Gasteiger charge is -2.20. The van der Waals surface area contributed by atoms with Crippen LogP contribution in [-0.4, -0.2) is 25.2 Å². The van der Waals surface area contributed by atoms with Crippen LogP contribution in [0.1, 0.15) is 23.8 Å². The van der Waals surface area contributed by atoms with Gasteiger partial charge in [0.2, 0.25) is 0 Å². The molecule has 2 heterocycles. The monoisotopic (exact) mass is 274 g/mol. The zero-order valence-electron chi connectivity index (χ0n) is 11.1. The van der Waals surface area contributed by atoms with Crippen LogP contribution in [0.15, 0.2) is 29.6 Å². The number of piperidine rings is 1. The topological polar surface area (TPSA) is 34.1 Å². The average molecular weight is 274 g/mol. The first-order valence-electron chi connectivity index (χ1n) is 6.67. The van der Waals surface area contributed by atoms with Gasteiger partial charge in [0.1, 0.15) is 5.75 Å². The van der Waals surface area contributed by atoms with Crippen LogP contribution >= 0.6 is 11.3 Å². The highest BCUT2D eigenvalue weighted by Gasteiger charge is 2.18. The number of benzene rings is 1. The van der Waals surface area contributed by atoms with Gasteiger partial charge in [-0.15, -0.1) is 11.3 Å². The van der Waals surface area contributed by atoms with Crippen LogP contribution in [0.4, 0.5) is 0 Å². The number of thiazole rings is 1. The Labute approximate surface area is 117 Å². The molecule has 1 aromatic heterocycles. The van der Waals surface area contributed by atoms with Gasteiger partial charge in [0.25, 0.3) is 0 Å². The third kappa shape index (κ3) is 2.80. The van der Waals surface area contributed by atoms with Gasteiger partial charge in [-0.2, -0.15) is 0 Å². The van der Waals surface area contributed by atoms with Crippen LogP contribution in [0.2, 0.25) is 0 Å². The number of hydrogen-bond donors (Lipinski definition) is 1. The van der Waals surface area contributed by atoms with E-state index in [0.29, 0.717) is 5.92 Å². The van der Waals surface area contributed by atoms with Gasteiger partial charge in [-0.1, -0.05) is 12.1 Å². The van der Waals surface area contributed by atoms with Gasteiger partial charge >= 0.3 is 0 Å². The van der Waals surface area contributed by atoms with Crippen LogP contribution in [-0.2, 0) is 0 Å². The van der Waals surface area contributed by atoms with Crippen molar-refractivity contribution in [2.45, 2.75) is 18.8 Å². The molecule has 3 rings (SSSR count). The third-order valence-electron chi connectivity index (χ3n) is 3.58. The van der Waals surface area contributed by atoms with Crippen molar-refractivity contribution in [3.63, 3.8) is 0 Å². The molecule has 4 heteroatoms. The fraction of sp³-hybridized carbons (Fsp3) is 0.400. The number of ether oxygens (including phenoxy) is 1. The van der Waals surface area contributed by atoms with E-state index < -0.39 is 0 Å². The zero-order chi connectivity index (χ0) is 13.1. The molecule has 0 aliphatic carbocycles. The first kappa shape index (κ1) is 12.6. The Morgan fingerprint density at radius 3 is 2.95 bits per heavy atom. The maximum absolute atomic E-state index is 5.27. The summed E-state index contributed by atoms with van der Waals surface area (Å²) in [4.78, 5) is 4.81. The van der Waals surface area contributed by atoms with E-state index in [9.17, 15) is 0 Å². The maximum Gasteiger partial charge on any atom is 0.119 e. The van der Waals surface area contributed by atoms with Crippen molar-refractivity contribution in [3.05, 3.63) is 34.7 Å². The summed E-state index contributed by atoms with van der Waals surface area (Å²) in [6.07, 6.45) is 2.40. The van der Waals surface area contributed by atoms with Crippen LogP contribution < -0.4 is 10.1 Å². The minimum atomic E-state index is 0.630. The Hall–Kier alpha value is -1.39. The van der Waals surface area contributed by atoms with Crippen LogP contribution in [0.5, 0.6) is 5.75 Å². The van der Waals surface area contributed by atoms with Gasteiger partial charge in [-0.3, -0.25) is 0 Å². The van der Waals surface area contributed by atoms with E-state index in [1.54, 1.807) is 18.4 Å². The van der Waals surface area contributed by atoms with Gasteiger partial charge in [-0.25, -0.2) is 4.98 Å². The van der Waals surface area contributed by atoms with Crippen LogP contribution in [0, 0.1) is 0 Å². The molecule has 1 fully saturated rings. The molecule has 1 saturated heterocycles. The largest absolute Gasteiger partial charge is 0.497 e. The first-order valence-corrected chi connectivity index (χ1v) is 7.55. The molecular weight excluding hydrogens is 256 g/mol. The van der Waals surface area contributed by atoms with Gasteiger partial charge in [0, 0.05) is 16.9 Å². The minimum Gasteiger partial charge on any atom is -0.497 e. The first-order chi connectivity index (χ1) is 9.36. The fourth-order valence-corrected chi connectivity index (χ4v) is 3.46. The van der Waals surface area contributed by atoms with E-state index >= 15 is 0 Å². The number of rotatable bonds is 3. The molecular formula is C15H18N2OS. The van der Waals surface area contributed by atoms with E-state index in [1.807, 2.05) is 18.2 Å². The highest BCUT2D eigenvalue weighted by molar-refractivity contribution is 7.10. The summed E-state index contributed by atoms with van der Waals surface area (Å²) < 4.78 is 5.27. The number of nitrogens with one attached hydrogen (secondary N) is 1. The Morgan fingerprint density at radius 1 is 1.32 bits per heavy atom. The maximum atomic E-state index is 5.27. The zero-order valence-corrected chi connectivity index (χ0v) is 11.9. The summed E-state index contributed by atoms with van der Waals surface area (Å²) in [5.41, 5.74) is 2.20. The summed E-state index contributed by atoms with van der Waals surface area (Å²) in [6, 6.07) is 8.10. The van der Waals surface area contributed by atoms with Gasteiger partial charge in [0.15, 0.2) is 0 Å². The van der Waals surface area contributed by atoms with E-state index in [0.717, 1.165) is 30.1 Å². The molecule has 100 valence electrons. The Morgan fingerprint density at radius 2 is 2.16 bits per heavy atom. The second-order valence-corrected chi connectivity index (χ2v) is 5.72. The molecule has 0 bridgehead atoms. The lowest BCUT2D eigenvalue weighted by Crippen LogP contribution is -2.26. The molecule has 0 spiro atoms. The van der Waals surface area contributed by atoms with Crippen molar-refractivity contribution in [2.24, 2.45) is 0 Å². The quantitative estimate of drug-likeness (QED) is 0.932. The van der Waals surface area contributed by atoms with E-state index in [2.05, 4.69) is 16.8 Å². The summed E-state index contributed by atoms with van der Waals surface area (Å²) in [7, 11) is 1.70. The fourth-order valence-electron chi connectivity index (χ4n) is 2.46. The number of methoxy groups -OCH3 is 1. The van der Waals surface area contributed by atoms with E-state index in [4.69, 9.17) is 9.72 Å².